The fraction of sp³-hybridized carbons (Fsp3) is 0.579. The zero-order valence-electron chi connectivity index (χ0n) is 15.1. The van der Waals surface area contributed by atoms with E-state index in [9.17, 15) is 0 Å². The molecule has 4 rings (SSSR count). The van der Waals surface area contributed by atoms with Crippen LogP contribution in [-0.4, -0.2) is 62.9 Å². The van der Waals surface area contributed by atoms with Crippen LogP contribution in [-0.2, 0) is 24.9 Å². The van der Waals surface area contributed by atoms with Gasteiger partial charge in [-0.1, -0.05) is 6.07 Å². The van der Waals surface area contributed by atoms with Crippen LogP contribution in [0, 0.1) is 6.92 Å². The highest BCUT2D eigenvalue weighted by atomic mass is 16.5. The van der Waals surface area contributed by atoms with E-state index in [4.69, 9.17) is 4.74 Å². The largest absolute Gasteiger partial charge is 0.371 e. The maximum atomic E-state index is 6.16. The van der Waals surface area contributed by atoms with Gasteiger partial charge in [0.25, 0.3) is 0 Å². The third kappa shape index (κ3) is 4.08. The van der Waals surface area contributed by atoms with Crippen molar-refractivity contribution in [3.05, 3.63) is 47.5 Å². The number of hydrogen-bond acceptors (Lipinski definition) is 5. The molecular formula is C19H27N5O. The van der Waals surface area contributed by atoms with Crippen LogP contribution < -0.4 is 0 Å². The Bertz CT molecular complexity index is 715. The molecule has 6 nitrogen and oxygen atoms in total. The molecule has 2 fully saturated rings. The van der Waals surface area contributed by atoms with Crippen molar-refractivity contribution in [1.82, 2.24) is 24.6 Å². The van der Waals surface area contributed by atoms with Crippen LogP contribution in [0.4, 0.5) is 0 Å². The molecule has 2 atom stereocenters. The van der Waals surface area contributed by atoms with Gasteiger partial charge in [0.15, 0.2) is 0 Å². The molecule has 6 heteroatoms. The summed E-state index contributed by atoms with van der Waals surface area (Å²) in [5.41, 5.74) is 3.38. The summed E-state index contributed by atoms with van der Waals surface area (Å²) in [6, 6.07) is 6.73. The van der Waals surface area contributed by atoms with Crippen LogP contribution in [0.1, 0.15) is 23.4 Å². The van der Waals surface area contributed by atoms with E-state index in [1.54, 1.807) is 0 Å². The minimum absolute atomic E-state index is 0.325. The van der Waals surface area contributed by atoms with Crippen LogP contribution in [0.2, 0.25) is 0 Å². The molecule has 25 heavy (non-hydrogen) atoms. The molecule has 2 aromatic heterocycles. The monoisotopic (exact) mass is 341 g/mol. The van der Waals surface area contributed by atoms with Gasteiger partial charge in [-0.2, -0.15) is 5.10 Å². The molecule has 0 aliphatic carbocycles. The van der Waals surface area contributed by atoms with Crippen LogP contribution in [0.5, 0.6) is 0 Å². The number of aromatic nitrogens is 3. The lowest BCUT2D eigenvalue weighted by molar-refractivity contribution is 0.0439. The standard InChI is InChI=1S/C19H27N5O/c1-15-4-3-5-17(21-15)14-25-19-8-18-12-23(6-7-24(18)13-19)11-16-9-20-22(2)10-16/h3-5,9-10,18-19H,6-8,11-14H2,1-2H3/t18-,19-/m1/s1. The minimum atomic E-state index is 0.325. The van der Waals surface area contributed by atoms with Gasteiger partial charge in [-0.3, -0.25) is 19.5 Å². The summed E-state index contributed by atoms with van der Waals surface area (Å²) in [5, 5.41) is 4.27. The Morgan fingerprint density at radius 2 is 2.16 bits per heavy atom. The summed E-state index contributed by atoms with van der Waals surface area (Å²) in [6.07, 6.45) is 5.53. The Morgan fingerprint density at radius 1 is 1.24 bits per heavy atom. The van der Waals surface area contributed by atoms with Crippen molar-refractivity contribution in [2.75, 3.05) is 26.2 Å². The molecule has 0 N–H and O–H groups in total. The number of hydrogen-bond donors (Lipinski definition) is 0. The molecule has 0 bridgehead atoms. The molecule has 0 spiro atoms. The van der Waals surface area contributed by atoms with E-state index in [2.05, 4.69) is 32.1 Å². The van der Waals surface area contributed by atoms with Gasteiger partial charge in [0.1, 0.15) is 0 Å². The summed E-state index contributed by atoms with van der Waals surface area (Å²) in [6.45, 7) is 8.07. The number of nitrogens with zero attached hydrogens (tertiary/aromatic N) is 5. The van der Waals surface area contributed by atoms with Crippen molar-refractivity contribution in [2.45, 2.75) is 38.6 Å². The Balaban J connectivity index is 1.28. The van der Waals surface area contributed by atoms with E-state index >= 15 is 0 Å². The molecule has 2 saturated heterocycles. The molecule has 0 saturated carbocycles. The van der Waals surface area contributed by atoms with E-state index in [-0.39, 0.29) is 0 Å². The predicted molar refractivity (Wildman–Crippen MR) is 96.0 cm³/mol. The molecule has 0 amide bonds. The number of rotatable bonds is 5. The molecule has 4 heterocycles. The fourth-order valence-electron chi connectivity index (χ4n) is 4.02. The van der Waals surface area contributed by atoms with Crippen molar-refractivity contribution < 1.29 is 4.74 Å². The van der Waals surface area contributed by atoms with Gasteiger partial charge < -0.3 is 4.74 Å². The maximum absolute atomic E-state index is 6.16. The minimum Gasteiger partial charge on any atom is -0.371 e. The van der Waals surface area contributed by atoms with E-state index < -0.39 is 0 Å². The number of fused-ring (bicyclic) bond motifs is 1. The second-order valence-electron chi connectivity index (χ2n) is 7.35. The van der Waals surface area contributed by atoms with Crippen molar-refractivity contribution >= 4 is 0 Å². The molecular weight excluding hydrogens is 314 g/mol. The lowest BCUT2D eigenvalue weighted by Gasteiger charge is -2.37. The van der Waals surface area contributed by atoms with Gasteiger partial charge in [-0.25, -0.2) is 0 Å². The molecule has 2 aliphatic rings. The first-order valence-electron chi connectivity index (χ1n) is 9.14. The number of aryl methyl sites for hydroxylation is 2. The molecule has 0 radical (unpaired) electrons. The van der Waals surface area contributed by atoms with Crippen molar-refractivity contribution in [1.29, 1.82) is 0 Å². The Morgan fingerprint density at radius 3 is 2.96 bits per heavy atom. The average molecular weight is 341 g/mol. The second kappa shape index (κ2) is 7.23. The summed E-state index contributed by atoms with van der Waals surface area (Å²) in [7, 11) is 1.98. The smallest absolute Gasteiger partial charge is 0.0892 e. The summed E-state index contributed by atoms with van der Waals surface area (Å²) in [5.74, 6) is 0. The molecule has 2 aromatic rings. The first-order valence-corrected chi connectivity index (χ1v) is 9.14. The third-order valence-electron chi connectivity index (χ3n) is 5.24. The van der Waals surface area contributed by atoms with E-state index in [0.29, 0.717) is 18.8 Å². The van der Waals surface area contributed by atoms with Gasteiger partial charge in [-0.05, 0) is 25.5 Å². The van der Waals surface area contributed by atoms with Crippen LogP contribution in [0.25, 0.3) is 0 Å². The molecule has 2 aliphatic heterocycles. The first kappa shape index (κ1) is 16.7. The van der Waals surface area contributed by atoms with Crippen molar-refractivity contribution in [3.63, 3.8) is 0 Å². The normalized spacial score (nSPS) is 24.6. The van der Waals surface area contributed by atoms with Gasteiger partial charge >= 0.3 is 0 Å². The Hall–Kier alpha value is -1.76. The maximum Gasteiger partial charge on any atom is 0.0892 e. The lowest BCUT2D eigenvalue weighted by atomic mass is 10.1. The highest BCUT2D eigenvalue weighted by Gasteiger charge is 2.36. The zero-order chi connectivity index (χ0) is 17.2. The summed E-state index contributed by atoms with van der Waals surface area (Å²) >= 11 is 0. The average Bonchev–Trinajstić information content (AvgIpc) is 3.18. The van der Waals surface area contributed by atoms with E-state index in [1.807, 2.05) is 37.0 Å². The zero-order valence-corrected chi connectivity index (χ0v) is 15.1. The van der Waals surface area contributed by atoms with Crippen LogP contribution >= 0.6 is 0 Å². The highest BCUT2D eigenvalue weighted by Crippen LogP contribution is 2.25. The molecule has 0 aromatic carbocycles. The summed E-state index contributed by atoms with van der Waals surface area (Å²) in [4.78, 5) is 9.67. The van der Waals surface area contributed by atoms with Crippen molar-refractivity contribution in [3.8, 4) is 0 Å². The second-order valence-corrected chi connectivity index (χ2v) is 7.35. The Labute approximate surface area is 149 Å². The van der Waals surface area contributed by atoms with Gasteiger partial charge in [0.05, 0.1) is 24.6 Å². The van der Waals surface area contributed by atoms with Gasteiger partial charge in [0, 0.05) is 63.3 Å². The number of piperazine rings is 1. The number of pyridine rings is 1. The fourth-order valence-corrected chi connectivity index (χ4v) is 4.02. The highest BCUT2D eigenvalue weighted by molar-refractivity contribution is 5.09. The van der Waals surface area contributed by atoms with E-state index in [1.165, 1.54) is 5.56 Å². The van der Waals surface area contributed by atoms with Crippen LogP contribution in [0.3, 0.4) is 0 Å². The lowest BCUT2D eigenvalue weighted by Crippen LogP contribution is -2.49. The molecule has 134 valence electrons. The van der Waals surface area contributed by atoms with E-state index in [0.717, 1.165) is 50.5 Å². The molecule has 0 unspecified atom stereocenters. The van der Waals surface area contributed by atoms with Crippen LogP contribution in [0.15, 0.2) is 30.6 Å². The SMILES string of the molecule is Cc1cccc(CO[C@@H]2C[C@@H]3CN(Cc4cnn(C)c4)CCN3C2)n1. The van der Waals surface area contributed by atoms with Gasteiger partial charge in [-0.15, -0.1) is 0 Å². The van der Waals surface area contributed by atoms with Crippen molar-refractivity contribution in [2.24, 2.45) is 7.05 Å². The number of ether oxygens (including phenoxy) is 1. The predicted octanol–water partition coefficient (Wildman–Crippen LogP) is 1.60. The quantitative estimate of drug-likeness (QED) is 0.827. The summed E-state index contributed by atoms with van der Waals surface area (Å²) < 4.78 is 8.04. The Kier molecular flexibility index (Phi) is 4.83. The van der Waals surface area contributed by atoms with Gasteiger partial charge in [0.2, 0.25) is 0 Å². The first-order chi connectivity index (χ1) is 12.2. The third-order valence-corrected chi connectivity index (χ3v) is 5.24. The topological polar surface area (TPSA) is 46.4 Å².